The maximum atomic E-state index is 14.1. The van der Waals surface area contributed by atoms with Crippen LogP contribution >= 0.6 is 0 Å². The third-order valence-corrected chi connectivity index (χ3v) is 5.41. The summed E-state index contributed by atoms with van der Waals surface area (Å²) < 4.78 is 15.6. The van der Waals surface area contributed by atoms with Crippen LogP contribution in [0.1, 0.15) is 47.8 Å². The lowest BCUT2D eigenvalue weighted by atomic mass is 9.98. The standard InChI is InChI=1S/C20H23FN4O/c1-13-14(2)22-19-11-17(23-25(19)20(13)26)18-9-5-6-10-24(18)12-15-7-3-4-8-16(15)21/h3-4,7-8,11,18,23H,5-6,9-10,12H2,1-2H3/t18-/m0/s1. The third-order valence-electron chi connectivity index (χ3n) is 5.41. The van der Waals surface area contributed by atoms with Gasteiger partial charge in [0.05, 0.1) is 11.7 Å². The SMILES string of the molecule is Cc1nc2cc([C@@H]3CCCCN3Cc3ccccc3F)[nH]n2c(=O)c1C. The first-order chi connectivity index (χ1) is 12.5. The Morgan fingerprint density at radius 1 is 1.27 bits per heavy atom. The fourth-order valence-electron chi connectivity index (χ4n) is 3.79. The molecule has 0 radical (unpaired) electrons. The molecular weight excluding hydrogens is 331 g/mol. The molecule has 0 saturated carbocycles. The number of aryl methyl sites for hydroxylation is 1. The number of aromatic nitrogens is 3. The highest BCUT2D eigenvalue weighted by atomic mass is 19.1. The predicted molar refractivity (Wildman–Crippen MR) is 98.7 cm³/mol. The van der Waals surface area contributed by atoms with Crippen LogP contribution in [0.4, 0.5) is 4.39 Å². The third kappa shape index (κ3) is 2.94. The Morgan fingerprint density at radius 3 is 2.88 bits per heavy atom. The van der Waals surface area contributed by atoms with Gasteiger partial charge in [-0.3, -0.25) is 14.8 Å². The zero-order valence-corrected chi connectivity index (χ0v) is 15.1. The summed E-state index contributed by atoms with van der Waals surface area (Å²) in [6.07, 6.45) is 3.20. The van der Waals surface area contributed by atoms with Gasteiger partial charge in [-0.1, -0.05) is 24.6 Å². The first-order valence-corrected chi connectivity index (χ1v) is 9.11. The molecule has 1 aliphatic rings. The van der Waals surface area contributed by atoms with E-state index in [1.807, 2.05) is 25.1 Å². The van der Waals surface area contributed by atoms with E-state index < -0.39 is 0 Å². The predicted octanol–water partition coefficient (Wildman–Crippen LogP) is 3.51. The van der Waals surface area contributed by atoms with Crippen molar-refractivity contribution in [3.8, 4) is 0 Å². The van der Waals surface area contributed by atoms with Crippen molar-refractivity contribution in [2.45, 2.75) is 45.7 Å². The molecule has 4 rings (SSSR count). The molecule has 1 fully saturated rings. The lowest BCUT2D eigenvalue weighted by molar-refractivity contribution is 0.135. The summed E-state index contributed by atoms with van der Waals surface area (Å²) in [7, 11) is 0. The number of rotatable bonds is 3. The highest BCUT2D eigenvalue weighted by molar-refractivity contribution is 5.42. The van der Waals surface area contributed by atoms with Gasteiger partial charge in [-0.2, -0.15) is 0 Å². The molecular formula is C20H23FN4O. The monoisotopic (exact) mass is 354 g/mol. The molecule has 1 aliphatic heterocycles. The van der Waals surface area contributed by atoms with Gasteiger partial charge in [0.2, 0.25) is 0 Å². The number of H-pyrrole nitrogens is 1. The van der Waals surface area contributed by atoms with Gasteiger partial charge >= 0.3 is 0 Å². The van der Waals surface area contributed by atoms with Gasteiger partial charge in [-0.05, 0) is 39.3 Å². The number of hydrogen-bond donors (Lipinski definition) is 1. The number of aromatic amines is 1. The number of benzene rings is 1. The maximum Gasteiger partial charge on any atom is 0.275 e. The van der Waals surface area contributed by atoms with E-state index in [-0.39, 0.29) is 17.4 Å². The first kappa shape index (κ1) is 17.0. The molecule has 0 aliphatic carbocycles. The Balaban J connectivity index is 1.70. The van der Waals surface area contributed by atoms with E-state index in [2.05, 4.69) is 15.0 Å². The minimum absolute atomic E-state index is 0.0600. The smallest absolute Gasteiger partial charge is 0.275 e. The molecule has 0 bridgehead atoms. The second-order valence-electron chi connectivity index (χ2n) is 7.11. The highest BCUT2D eigenvalue weighted by Crippen LogP contribution is 2.32. The summed E-state index contributed by atoms with van der Waals surface area (Å²) in [5.41, 5.74) is 3.67. The van der Waals surface area contributed by atoms with Crippen LogP contribution in [0.2, 0.25) is 0 Å². The van der Waals surface area contributed by atoms with Crippen molar-refractivity contribution in [1.29, 1.82) is 0 Å². The molecule has 1 aromatic carbocycles. The fourth-order valence-corrected chi connectivity index (χ4v) is 3.79. The minimum atomic E-state index is -0.169. The average Bonchev–Trinajstić information content (AvgIpc) is 3.06. The lowest BCUT2D eigenvalue weighted by Gasteiger charge is -2.35. The second kappa shape index (κ2) is 6.68. The van der Waals surface area contributed by atoms with E-state index in [0.717, 1.165) is 37.2 Å². The van der Waals surface area contributed by atoms with Crippen LogP contribution in [0.25, 0.3) is 5.65 Å². The van der Waals surface area contributed by atoms with Crippen molar-refractivity contribution in [2.24, 2.45) is 0 Å². The van der Waals surface area contributed by atoms with Crippen LogP contribution in [0, 0.1) is 19.7 Å². The number of fused-ring (bicyclic) bond motifs is 1. The molecule has 1 saturated heterocycles. The number of likely N-dealkylation sites (tertiary alicyclic amines) is 1. The quantitative estimate of drug-likeness (QED) is 0.783. The summed E-state index contributed by atoms with van der Waals surface area (Å²) in [6, 6.07) is 9.02. The van der Waals surface area contributed by atoms with Crippen LogP contribution in [0.5, 0.6) is 0 Å². The van der Waals surface area contributed by atoms with E-state index in [4.69, 9.17) is 0 Å². The maximum absolute atomic E-state index is 14.1. The summed E-state index contributed by atoms with van der Waals surface area (Å²) in [6.45, 7) is 5.12. The van der Waals surface area contributed by atoms with Crippen LogP contribution in [-0.4, -0.2) is 26.0 Å². The van der Waals surface area contributed by atoms with Crippen molar-refractivity contribution in [3.05, 3.63) is 69.0 Å². The Bertz CT molecular complexity index is 1010. The summed E-state index contributed by atoms with van der Waals surface area (Å²) in [5, 5.41) is 3.24. The second-order valence-corrected chi connectivity index (χ2v) is 7.11. The highest BCUT2D eigenvalue weighted by Gasteiger charge is 2.26. The molecule has 1 N–H and O–H groups in total. The van der Waals surface area contributed by atoms with E-state index in [9.17, 15) is 9.18 Å². The molecule has 6 heteroatoms. The van der Waals surface area contributed by atoms with E-state index >= 15 is 0 Å². The normalized spacial score (nSPS) is 18.5. The van der Waals surface area contributed by atoms with Crippen LogP contribution < -0.4 is 5.56 Å². The number of nitrogens with one attached hydrogen (secondary N) is 1. The number of nitrogens with zero attached hydrogens (tertiary/aromatic N) is 3. The summed E-state index contributed by atoms with van der Waals surface area (Å²) >= 11 is 0. The van der Waals surface area contributed by atoms with E-state index in [0.29, 0.717) is 23.3 Å². The van der Waals surface area contributed by atoms with Gasteiger partial charge in [-0.15, -0.1) is 0 Å². The van der Waals surface area contributed by atoms with Gasteiger partial charge < -0.3 is 0 Å². The van der Waals surface area contributed by atoms with Gasteiger partial charge in [0.1, 0.15) is 5.82 Å². The van der Waals surface area contributed by atoms with Crippen molar-refractivity contribution >= 4 is 5.65 Å². The molecule has 1 atom stereocenters. The van der Waals surface area contributed by atoms with Crippen LogP contribution in [0.3, 0.4) is 0 Å². The van der Waals surface area contributed by atoms with Crippen molar-refractivity contribution in [1.82, 2.24) is 19.5 Å². The molecule has 136 valence electrons. The van der Waals surface area contributed by atoms with Gasteiger partial charge in [-0.25, -0.2) is 13.9 Å². The molecule has 5 nitrogen and oxygen atoms in total. The van der Waals surface area contributed by atoms with Crippen molar-refractivity contribution < 1.29 is 4.39 Å². The number of hydrogen-bond acceptors (Lipinski definition) is 3. The van der Waals surface area contributed by atoms with E-state index in [1.165, 1.54) is 10.6 Å². The largest absolute Gasteiger partial charge is 0.292 e. The number of piperidine rings is 1. The molecule has 2 aromatic heterocycles. The minimum Gasteiger partial charge on any atom is -0.292 e. The average molecular weight is 354 g/mol. The van der Waals surface area contributed by atoms with Crippen LogP contribution in [-0.2, 0) is 6.54 Å². The summed E-state index contributed by atoms with van der Waals surface area (Å²) in [4.78, 5) is 19.3. The van der Waals surface area contributed by atoms with Gasteiger partial charge in [0.25, 0.3) is 5.56 Å². The molecule has 3 aromatic rings. The summed E-state index contributed by atoms with van der Waals surface area (Å²) in [5.74, 6) is -0.169. The Kier molecular flexibility index (Phi) is 4.36. The van der Waals surface area contributed by atoms with E-state index in [1.54, 1.807) is 13.0 Å². The van der Waals surface area contributed by atoms with Crippen molar-refractivity contribution in [2.75, 3.05) is 6.54 Å². The van der Waals surface area contributed by atoms with Gasteiger partial charge in [0.15, 0.2) is 5.65 Å². The lowest BCUT2D eigenvalue weighted by Crippen LogP contribution is -2.33. The molecule has 3 heterocycles. The number of halogens is 1. The first-order valence-electron chi connectivity index (χ1n) is 9.11. The van der Waals surface area contributed by atoms with Crippen molar-refractivity contribution in [3.63, 3.8) is 0 Å². The molecule has 0 spiro atoms. The van der Waals surface area contributed by atoms with Gasteiger partial charge in [0, 0.05) is 29.4 Å². The molecule has 0 amide bonds. The van der Waals surface area contributed by atoms with Crippen LogP contribution in [0.15, 0.2) is 35.1 Å². The Labute approximate surface area is 151 Å². The topological polar surface area (TPSA) is 53.4 Å². The fraction of sp³-hybridized carbons (Fsp3) is 0.400. The molecule has 0 unspecified atom stereocenters. The zero-order valence-electron chi connectivity index (χ0n) is 15.1. The molecule has 26 heavy (non-hydrogen) atoms. The Morgan fingerprint density at radius 2 is 2.08 bits per heavy atom. The Hall–Kier alpha value is -2.47. The zero-order chi connectivity index (χ0) is 18.3.